The lowest BCUT2D eigenvalue weighted by molar-refractivity contribution is 0.131. The average Bonchev–Trinajstić information content (AvgIpc) is 3.51. The Hall–Kier alpha value is -3.49. The Bertz CT molecular complexity index is 1320. The first-order valence-corrected chi connectivity index (χ1v) is 11.9. The molecule has 0 radical (unpaired) electrons. The highest BCUT2D eigenvalue weighted by Crippen LogP contribution is 2.35. The molecule has 0 amide bonds. The van der Waals surface area contributed by atoms with Gasteiger partial charge in [-0.3, -0.25) is 0 Å². The Labute approximate surface area is 203 Å². The van der Waals surface area contributed by atoms with Crippen molar-refractivity contribution >= 4 is 11.5 Å². The molecule has 182 valence electrons. The molecule has 8 heteroatoms. The van der Waals surface area contributed by atoms with Crippen molar-refractivity contribution in [1.82, 2.24) is 14.6 Å². The Morgan fingerprint density at radius 1 is 1.11 bits per heavy atom. The van der Waals surface area contributed by atoms with Crippen LogP contribution in [0.5, 0.6) is 5.75 Å². The predicted octanol–water partition coefficient (Wildman–Crippen LogP) is 4.71. The second-order valence-electron chi connectivity index (χ2n) is 8.60. The molecular weight excluding hydrogens is 447 g/mol. The summed E-state index contributed by atoms with van der Waals surface area (Å²) in [6, 6.07) is 16.2. The van der Waals surface area contributed by atoms with Crippen molar-refractivity contribution < 1.29 is 19.0 Å². The van der Waals surface area contributed by atoms with E-state index >= 15 is 0 Å². The lowest BCUT2D eigenvalue weighted by Gasteiger charge is -2.25. The van der Waals surface area contributed by atoms with Crippen LogP contribution in [0.3, 0.4) is 0 Å². The normalized spacial score (nSPS) is 15.8. The van der Waals surface area contributed by atoms with Gasteiger partial charge in [0.05, 0.1) is 43.3 Å². The maximum Gasteiger partial charge on any atom is 0.166 e. The van der Waals surface area contributed by atoms with Gasteiger partial charge in [0.1, 0.15) is 17.4 Å². The van der Waals surface area contributed by atoms with Crippen LogP contribution in [0.1, 0.15) is 25.5 Å². The van der Waals surface area contributed by atoms with Crippen molar-refractivity contribution in [2.75, 3.05) is 31.8 Å². The molecule has 7 nitrogen and oxygen atoms in total. The van der Waals surface area contributed by atoms with Gasteiger partial charge in [-0.2, -0.15) is 5.10 Å². The average molecular weight is 477 g/mol. The molecule has 4 aromatic rings. The van der Waals surface area contributed by atoms with Crippen LogP contribution in [0.15, 0.2) is 54.6 Å². The number of aliphatic hydroxyl groups excluding tert-OH is 1. The van der Waals surface area contributed by atoms with E-state index in [1.807, 2.05) is 43.3 Å². The number of aliphatic hydroxyl groups is 1. The summed E-state index contributed by atoms with van der Waals surface area (Å²) in [6.07, 6.45) is 1.88. The van der Waals surface area contributed by atoms with E-state index in [1.165, 1.54) is 12.1 Å². The van der Waals surface area contributed by atoms with E-state index in [2.05, 4.69) is 4.90 Å². The molecule has 1 N–H and O–H groups in total. The summed E-state index contributed by atoms with van der Waals surface area (Å²) in [7, 11) is 1.64. The molecule has 2 aromatic carbocycles. The standard InChI is InChI=1S/C27H29FN4O3/c1-3-35-17-23-26(18-9-11-22(34-2)12-10-18)27-29-25(31-13-5-8-21(31)16-33)15-24(32(27)30-23)19-6-4-7-20(28)14-19/h4,6-7,9-12,14-15,21,33H,3,5,8,13,16-17H2,1-2H3. The molecule has 1 unspecified atom stereocenters. The zero-order chi connectivity index (χ0) is 24.4. The summed E-state index contributed by atoms with van der Waals surface area (Å²) >= 11 is 0. The minimum absolute atomic E-state index is 0.000521. The summed E-state index contributed by atoms with van der Waals surface area (Å²) in [5.41, 5.74) is 4.63. The molecule has 1 aliphatic rings. The number of aromatic nitrogens is 3. The Morgan fingerprint density at radius 2 is 1.94 bits per heavy atom. The van der Waals surface area contributed by atoms with Gasteiger partial charge >= 0.3 is 0 Å². The van der Waals surface area contributed by atoms with Gasteiger partial charge in [0.2, 0.25) is 0 Å². The summed E-state index contributed by atoms with van der Waals surface area (Å²) in [4.78, 5) is 7.18. The highest BCUT2D eigenvalue weighted by atomic mass is 19.1. The number of rotatable bonds is 8. The number of hydrogen-bond donors (Lipinski definition) is 1. The molecule has 0 aliphatic carbocycles. The van der Waals surface area contributed by atoms with E-state index < -0.39 is 0 Å². The van der Waals surface area contributed by atoms with E-state index in [4.69, 9.17) is 19.6 Å². The van der Waals surface area contributed by atoms with Crippen LogP contribution >= 0.6 is 0 Å². The SMILES string of the molecule is CCOCc1nn2c(-c3cccc(F)c3)cc(N3CCCC3CO)nc2c1-c1ccc(OC)cc1. The van der Waals surface area contributed by atoms with Crippen LogP contribution in [0.4, 0.5) is 10.2 Å². The minimum Gasteiger partial charge on any atom is -0.497 e. The van der Waals surface area contributed by atoms with Gasteiger partial charge in [0.25, 0.3) is 0 Å². The first-order valence-electron chi connectivity index (χ1n) is 11.9. The molecular formula is C27H29FN4O3. The topological polar surface area (TPSA) is 72.1 Å². The largest absolute Gasteiger partial charge is 0.497 e. The number of halogens is 1. The second-order valence-corrected chi connectivity index (χ2v) is 8.60. The van der Waals surface area contributed by atoms with E-state index in [9.17, 15) is 9.50 Å². The number of anilines is 1. The quantitative estimate of drug-likeness (QED) is 0.397. The van der Waals surface area contributed by atoms with Crippen LogP contribution in [-0.4, -0.2) is 52.6 Å². The van der Waals surface area contributed by atoms with Crippen LogP contribution in [0, 0.1) is 5.82 Å². The molecule has 1 fully saturated rings. The van der Waals surface area contributed by atoms with Gasteiger partial charge in [-0.1, -0.05) is 24.3 Å². The summed E-state index contributed by atoms with van der Waals surface area (Å²) in [6.45, 7) is 3.68. The summed E-state index contributed by atoms with van der Waals surface area (Å²) < 4.78 is 27.1. The van der Waals surface area contributed by atoms with Crippen molar-refractivity contribution in [2.24, 2.45) is 0 Å². The van der Waals surface area contributed by atoms with Crippen molar-refractivity contribution in [3.63, 3.8) is 0 Å². The van der Waals surface area contributed by atoms with Crippen molar-refractivity contribution in [1.29, 1.82) is 0 Å². The van der Waals surface area contributed by atoms with Gasteiger partial charge in [-0.05, 0) is 49.6 Å². The van der Waals surface area contributed by atoms with Crippen molar-refractivity contribution in [2.45, 2.75) is 32.4 Å². The molecule has 0 spiro atoms. The van der Waals surface area contributed by atoms with Gasteiger partial charge in [0, 0.05) is 24.8 Å². The van der Waals surface area contributed by atoms with Gasteiger partial charge in [-0.15, -0.1) is 0 Å². The maximum atomic E-state index is 14.2. The zero-order valence-corrected chi connectivity index (χ0v) is 19.9. The fraction of sp³-hybridized carbons (Fsp3) is 0.333. The third-order valence-corrected chi connectivity index (χ3v) is 6.47. The smallest absolute Gasteiger partial charge is 0.166 e. The molecule has 35 heavy (non-hydrogen) atoms. The van der Waals surface area contributed by atoms with Crippen LogP contribution in [0.2, 0.25) is 0 Å². The first-order chi connectivity index (χ1) is 17.1. The fourth-order valence-electron chi connectivity index (χ4n) is 4.73. The fourth-order valence-corrected chi connectivity index (χ4v) is 4.73. The number of methoxy groups -OCH3 is 1. The van der Waals surface area contributed by atoms with Crippen LogP contribution in [-0.2, 0) is 11.3 Å². The van der Waals surface area contributed by atoms with E-state index in [0.29, 0.717) is 24.4 Å². The van der Waals surface area contributed by atoms with Gasteiger partial charge < -0.3 is 19.5 Å². The molecule has 3 heterocycles. The highest BCUT2D eigenvalue weighted by Gasteiger charge is 2.28. The van der Waals surface area contributed by atoms with E-state index in [0.717, 1.165) is 53.5 Å². The molecule has 1 saturated heterocycles. The third kappa shape index (κ3) is 4.47. The Balaban J connectivity index is 1.78. The molecule has 2 aromatic heterocycles. The molecule has 5 rings (SSSR count). The van der Waals surface area contributed by atoms with Crippen molar-refractivity contribution in [3.8, 4) is 28.1 Å². The second kappa shape index (κ2) is 10.0. The number of hydrogen-bond acceptors (Lipinski definition) is 6. The minimum atomic E-state index is -0.319. The third-order valence-electron chi connectivity index (χ3n) is 6.47. The molecule has 1 aliphatic heterocycles. The highest BCUT2D eigenvalue weighted by molar-refractivity contribution is 5.83. The lowest BCUT2D eigenvalue weighted by Crippen LogP contribution is -2.32. The van der Waals surface area contributed by atoms with Crippen LogP contribution in [0.25, 0.3) is 28.0 Å². The van der Waals surface area contributed by atoms with E-state index in [1.54, 1.807) is 17.7 Å². The maximum absolute atomic E-state index is 14.2. The predicted molar refractivity (Wildman–Crippen MR) is 133 cm³/mol. The number of nitrogens with zero attached hydrogens (tertiary/aromatic N) is 4. The Morgan fingerprint density at radius 3 is 2.66 bits per heavy atom. The first kappa shape index (κ1) is 23.3. The molecule has 0 bridgehead atoms. The number of benzene rings is 2. The van der Waals surface area contributed by atoms with Gasteiger partial charge in [0.15, 0.2) is 5.65 Å². The Kier molecular flexibility index (Phi) is 6.66. The molecule has 0 saturated carbocycles. The van der Waals surface area contributed by atoms with Crippen LogP contribution < -0.4 is 9.64 Å². The van der Waals surface area contributed by atoms with E-state index in [-0.39, 0.29) is 18.5 Å². The van der Waals surface area contributed by atoms with Crippen molar-refractivity contribution in [3.05, 3.63) is 66.1 Å². The zero-order valence-electron chi connectivity index (χ0n) is 19.9. The summed E-state index contributed by atoms with van der Waals surface area (Å²) in [5, 5.41) is 14.8. The molecule has 1 atom stereocenters. The number of ether oxygens (including phenoxy) is 2. The van der Waals surface area contributed by atoms with Gasteiger partial charge in [-0.25, -0.2) is 13.9 Å². The lowest BCUT2D eigenvalue weighted by atomic mass is 10.1. The number of fused-ring (bicyclic) bond motifs is 1. The summed E-state index contributed by atoms with van der Waals surface area (Å²) in [5.74, 6) is 1.18. The monoisotopic (exact) mass is 476 g/mol.